The van der Waals surface area contributed by atoms with Crippen LogP contribution in [0.5, 0.6) is 0 Å². The number of nitrogens with one attached hydrogen (secondary N) is 1. The number of amidine groups is 1. The average Bonchev–Trinajstić information content (AvgIpc) is 2.45. The number of hydrogen-bond acceptors (Lipinski definition) is 4. The number of nitrogens with zero attached hydrogens (tertiary/aromatic N) is 1. The molecule has 104 valence electrons. The lowest BCUT2D eigenvalue weighted by Crippen LogP contribution is -2.23. The van der Waals surface area contributed by atoms with Crippen molar-refractivity contribution in [2.75, 3.05) is 13.7 Å². The first-order valence-electron chi connectivity index (χ1n) is 6.00. The van der Waals surface area contributed by atoms with Gasteiger partial charge >= 0.3 is 0 Å². The predicted molar refractivity (Wildman–Crippen MR) is 71.9 cm³/mol. The maximum absolute atomic E-state index is 11.5. The van der Waals surface area contributed by atoms with Crippen LogP contribution in [0.3, 0.4) is 0 Å². The summed E-state index contributed by atoms with van der Waals surface area (Å²) in [4.78, 5) is 11.5. The predicted octanol–water partition coefficient (Wildman–Crippen LogP) is 0.824. The Morgan fingerprint density at radius 2 is 2.32 bits per heavy atom. The van der Waals surface area contributed by atoms with E-state index >= 15 is 0 Å². The topological polar surface area (TPSA) is 96.9 Å². The minimum atomic E-state index is -0.0220. The summed E-state index contributed by atoms with van der Waals surface area (Å²) in [6.45, 7) is 0.991. The van der Waals surface area contributed by atoms with Crippen molar-refractivity contribution in [3.8, 4) is 0 Å². The third-order valence-corrected chi connectivity index (χ3v) is 2.57. The van der Waals surface area contributed by atoms with E-state index in [1.165, 1.54) is 0 Å². The van der Waals surface area contributed by atoms with E-state index in [1.807, 2.05) is 6.07 Å². The molecule has 0 unspecified atom stereocenters. The highest BCUT2D eigenvalue weighted by molar-refractivity contribution is 5.97. The summed E-state index contributed by atoms with van der Waals surface area (Å²) in [5.74, 6) is 0.0273. The Hall–Kier alpha value is -2.08. The maximum atomic E-state index is 11.5. The van der Waals surface area contributed by atoms with E-state index in [1.54, 1.807) is 25.3 Å². The van der Waals surface area contributed by atoms with E-state index in [-0.39, 0.29) is 11.7 Å². The molecule has 1 amide bonds. The van der Waals surface area contributed by atoms with Crippen molar-refractivity contribution in [1.82, 2.24) is 5.32 Å². The Labute approximate surface area is 112 Å². The summed E-state index contributed by atoms with van der Waals surface area (Å²) < 4.78 is 4.88. The fraction of sp³-hybridized carbons (Fsp3) is 0.385. The first kappa shape index (κ1) is 15.0. The van der Waals surface area contributed by atoms with Gasteiger partial charge in [-0.15, -0.1) is 0 Å². The molecule has 0 heterocycles. The highest BCUT2D eigenvalue weighted by Gasteiger charge is 2.03. The van der Waals surface area contributed by atoms with Crippen LogP contribution in [0.25, 0.3) is 0 Å². The molecule has 19 heavy (non-hydrogen) atoms. The monoisotopic (exact) mass is 265 g/mol. The molecule has 6 heteroatoms. The third kappa shape index (κ3) is 5.39. The molecular weight excluding hydrogens is 246 g/mol. The first-order valence-corrected chi connectivity index (χ1v) is 6.00. The number of oxime groups is 1. The van der Waals surface area contributed by atoms with Crippen molar-refractivity contribution in [3.63, 3.8) is 0 Å². The Morgan fingerprint density at radius 3 is 3.00 bits per heavy atom. The molecule has 0 aliphatic carbocycles. The van der Waals surface area contributed by atoms with Crippen molar-refractivity contribution in [2.24, 2.45) is 10.9 Å². The molecule has 0 saturated carbocycles. The summed E-state index contributed by atoms with van der Waals surface area (Å²) in [6, 6.07) is 7.16. The van der Waals surface area contributed by atoms with Gasteiger partial charge in [0.1, 0.15) is 0 Å². The molecule has 0 atom stereocenters. The number of nitrogens with two attached hydrogens (primary N) is 1. The number of rotatable bonds is 7. The second kappa shape index (κ2) is 8.10. The van der Waals surface area contributed by atoms with Crippen LogP contribution in [0.15, 0.2) is 29.4 Å². The second-order valence-corrected chi connectivity index (χ2v) is 4.06. The minimum absolute atomic E-state index is 0.0220. The first-order chi connectivity index (χ1) is 9.17. The molecule has 4 N–H and O–H groups in total. The highest BCUT2D eigenvalue weighted by Crippen LogP contribution is 2.05. The van der Waals surface area contributed by atoms with E-state index in [9.17, 15) is 4.79 Å². The van der Waals surface area contributed by atoms with Gasteiger partial charge in [-0.3, -0.25) is 4.79 Å². The lowest BCUT2D eigenvalue weighted by atomic mass is 10.1. The molecule has 0 bridgehead atoms. The molecule has 0 fully saturated rings. The number of carbonyl (C=O) groups excluding carboxylic acids is 1. The molecule has 0 aliphatic rings. The number of hydrogen-bond donors (Lipinski definition) is 3. The van der Waals surface area contributed by atoms with Crippen LogP contribution in [0.1, 0.15) is 24.0 Å². The Balaban J connectivity index is 2.47. The van der Waals surface area contributed by atoms with Gasteiger partial charge in [-0.1, -0.05) is 23.4 Å². The minimum Gasteiger partial charge on any atom is -0.409 e. The fourth-order valence-corrected chi connectivity index (χ4v) is 1.56. The fourth-order valence-electron chi connectivity index (χ4n) is 1.56. The number of benzene rings is 1. The van der Waals surface area contributed by atoms with Crippen molar-refractivity contribution in [3.05, 3.63) is 35.4 Å². The van der Waals surface area contributed by atoms with Crippen molar-refractivity contribution in [1.29, 1.82) is 0 Å². The van der Waals surface area contributed by atoms with Crippen LogP contribution in [0, 0.1) is 0 Å². The lowest BCUT2D eigenvalue weighted by Gasteiger charge is -2.06. The van der Waals surface area contributed by atoms with Gasteiger partial charge in [0.25, 0.3) is 0 Å². The summed E-state index contributed by atoms with van der Waals surface area (Å²) >= 11 is 0. The average molecular weight is 265 g/mol. The number of amides is 1. The van der Waals surface area contributed by atoms with Crippen LogP contribution in [-0.2, 0) is 16.1 Å². The van der Waals surface area contributed by atoms with Gasteiger partial charge in [0.15, 0.2) is 5.84 Å². The van der Waals surface area contributed by atoms with E-state index in [2.05, 4.69) is 10.5 Å². The van der Waals surface area contributed by atoms with Crippen molar-refractivity contribution >= 4 is 11.7 Å². The third-order valence-electron chi connectivity index (χ3n) is 2.57. The number of ether oxygens (including phenoxy) is 1. The highest BCUT2D eigenvalue weighted by atomic mass is 16.5. The molecule has 0 aromatic heterocycles. The SMILES string of the molecule is COCCCC(=O)NCc1cccc(C(N)=NO)c1. The molecule has 1 aromatic rings. The summed E-state index contributed by atoms with van der Waals surface area (Å²) in [7, 11) is 1.61. The Kier molecular flexibility index (Phi) is 6.38. The standard InChI is InChI=1S/C13H19N3O3/c1-19-7-3-6-12(17)15-9-10-4-2-5-11(8-10)13(14)16-18/h2,4-5,8,18H,3,6-7,9H2,1H3,(H2,14,16)(H,15,17). The second-order valence-electron chi connectivity index (χ2n) is 4.06. The zero-order chi connectivity index (χ0) is 14.1. The van der Waals surface area contributed by atoms with Crippen LogP contribution < -0.4 is 11.1 Å². The summed E-state index contributed by atoms with van der Waals surface area (Å²) in [5, 5.41) is 14.3. The Bertz CT molecular complexity index is 447. The van der Waals surface area contributed by atoms with Gasteiger partial charge in [0.2, 0.25) is 5.91 Å². The van der Waals surface area contributed by atoms with Crippen LogP contribution in [0.2, 0.25) is 0 Å². The molecule has 1 rings (SSSR count). The van der Waals surface area contributed by atoms with Gasteiger partial charge in [0, 0.05) is 32.2 Å². The summed E-state index contributed by atoms with van der Waals surface area (Å²) in [5.41, 5.74) is 7.01. The smallest absolute Gasteiger partial charge is 0.220 e. The van der Waals surface area contributed by atoms with Gasteiger partial charge in [0.05, 0.1) is 0 Å². The normalized spacial score (nSPS) is 11.3. The zero-order valence-electron chi connectivity index (χ0n) is 10.9. The quantitative estimate of drug-likeness (QED) is 0.223. The van der Waals surface area contributed by atoms with Gasteiger partial charge in [-0.05, 0) is 18.1 Å². The summed E-state index contributed by atoms with van der Waals surface area (Å²) in [6.07, 6.45) is 1.14. The van der Waals surface area contributed by atoms with Crippen LogP contribution in [-0.4, -0.2) is 30.7 Å². The number of methoxy groups -OCH3 is 1. The van der Waals surface area contributed by atoms with Gasteiger partial charge in [-0.25, -0.2) is 0 Å². The molecule has 6 nitrogen and oxygen atoms in total. The van der Waals surface area contributed by atoms with Crippen molar-refractivity contribution in [2.45, 2.75) is 19.4 Å². The van der Waals surface area contributed by atoms with Gasteiger partial charge < -0.3 is 21.0 Å². The van der Waals surface area contributed by atoms with E-state index in [0.29, 0.717) is 31.6 Å². The van der Waals surface area contributed by atoms with E-state index < -0.39 is 0 Å². The van der Waals surface area contributed by atoms with Gasteiger partial charge in [-0.2, -0.15) is 0 Å². The largest absolute Gasteiger partial charge is 0.409 e. The van der Waals surface area contributed by atoms with Crippen LogP contribution >= 0.6 is 0 Å². The molecular formula is C13H19N3O3. The number of carbonyl (C=O) groups is 1. The molecule has 1 aromatic carbocycles. The van der Waals surface area contributed by atoms with E-state index in [0.717, 1.165) is 5.56 Å². The Morgan fingerprint density at radius 1 is 1.53 bits per heavy atom. The molecule has 0 aliphatic heterocycles. The van der Waals surface area contributed by atoms with Crippen molar-refractivity contribution < 1.29 is 14.7 Å². The van der Waals surface area contributed by atoms with Crippen LogP contribution in [0.4, 0.5) is 0 Å². The lowest BCUT2D eigenvalue weighted by molar-refractivity contribution is -0.121. The molecule has 0 saturated heterocycles. The van der Waals surface area contributed by atoms with E-state index in [4.69, 9.17) is 15.7 Å². The molecule has 0 spiro atoms. The zero-order valence-corrected chi connectivity index (χ0v) is 10.9. The maximum Gasteiger partial charge on any atom is 0.220 e. The molecule has 0 radical (unpaired) electrons.